The zero-order valence-corrected chi connectivity index (χ0v) is 5.78. The van der Waals surface area contributed by atoms with E-state index in [4.69, 9.17) is 4.74 Å². The van der Waals surface area contributed by atoms with E-state index in [1.54, 1.807) is 6.21 Å². The lowest BCUT2D eigenvalue weighted by molar-refractivity contribution is -0.135. The lowest BCUT2D eigenvalue weighted by atomic mass is 10.1. The van der Waals surface area contributed by atoms with Crippen molar-refractivity contribution in [3.63, 3.8) is 0 Å². The van der Waals surface area contributed by atoms with Crippen LogP contribution in [0.1, 0.15) is 12.8 Å². The van der Waals surface area contributed by atoms with E-state index in [1.165, 1.54) is 6.21 Å². The van der Waals surface area contributed by atoms with Gasteiger partial charge in [0.15, 0.2) is 5.76 Å². The highest BCUT2D eigenvalue weighted by molar-refractivity contribution is 5.91. The van der Waals surface area contributed by atoms with Crippen molar-refractivity contribution in [2.75, 3.05) is 0 Å². The zero-order valence-electron chi connectivity index (χ0n) is 5.78. The second-order valence-corrected chi connectivity index (χ2v) is 2.37. The first kappa shape index (κ1) is 6.27. The number of rotatable bonds is 0. The molecule has 56 valence electrons. The molecule has 0 fully saturated rings. The predicted molar refractivity (Wildman–Crippen MR) is 39.3 cm³/mol. The van der Waals surface area contributed by atoms with Gasteiger partial charge in [-0.1, -0.05) is 0 Å². The monoisotopic (exact) mass is 150 g/mol. The van der Waals surface area contributed by atoms with E-state index in [0.29, 0.717) is 18.6 Å². The summed E-state index contributed by atoms with van der Waals surface area (Å²) in [6.07, 6.45) is 4.19. The fraction of sp³-hybridized carbons (Fsp3) is 0.286. The minimum Gasteiger partial charge on any atom is -0.425 e. The van der Waals surface area contributed by atoms with Crippen LogP contribution in [0.5, 0.6) is 0 Å². The van der Waals surface area contributed by atoms with E-state index < -0.39 is 0 Å². The fourth-order valence-electron chi connectivity index (χ4n) is 1.07. The number of nitrogens with zero attached hydrogens (tertiary/aromatic N) is 2. The summed E-state index contributed by atoms with van der Waals surface area (Å²) in [4.78, 5) is 10.8. The van der Waals surface area contributed by atoms with E-state index in [9.17, 15) is 4.79 Å². The van der Waals surface area contributed by atoms with Crippen LogP contribution in [-0.2, 0) is 9.53 Å². The fourth-order valence-corrected chi connectivity index (χ4v) is 1.07. The number of hydrogen-bond acceptors (Lipinski definition) is 4. The smallest absolute Gasteiger partial charge is 0.315 e. The summed E-state index contributed by atoms with van der Waals surface area (Å²) in [5.74, 6) is 0.379. The van der Waals surface area contributed by atoms with E-state index >= 15 is 0 Å². The van der Waals surface area contributed by atoms with Gasteiger partial charge in [-0.15, -0.1) is 0 Å². The summed E-state index contributed by atoms with van der Waals surface area (Å²) in [6.45, 7) is 0. The Morgan fingerprint density at radius 1 is 1.45 bits per heavy atom. The normalized spacial score (nSPS) is 21.6. The Bertz CT molecular complexity index is 289. The molecule has 0 amide bonds. The molecule has 0 spiro atoms. The molecule has 0 aromatic carbocycles. The van der Waals surface area contributed by atoms with Crippen LogP contribution in [0.4, 0.5) is 0 Å². The molecule has 4 nitrogen and oxygen atoms in total. The van der Waals surface area contributed by atoms with Gasteiger partial charge in [0, 0.05) is 12.6 Å². The molecular formula is C7H6N2O2. The summed E-state index contributed by atoms with van der Waals surface area (Å²) >= 11 is 0. The molecule has 2 aliphatic rings. The van der Waals surface area contributed by atoms with Crippen LogP contribution in [0, 0.1) is 0 Å². The van der Waals surface area contributed by atoms with Gasteiger partial charge in [-0.25, -0.2) is 0 Å². The average Bonchev–Trinajstić information content (AvgIpc) is 2.17. The highest BCUT2D eigenvalue weighted by Crippen LogP contribution is 2.22. The number of carbonyl (C=O) groups is 1. The zero-order chi connectivity index (χ0) is 7.68. The molecule has 2 aliphatic heterocycles. The van der Waals surface area contributed by atoms with Crippen molar-refractivity contribution in [2.45, 2.75) is 12.8 Å². The van der Waals surface area contributed by atoms with Crippen molar-refractivity contribution >= 4 is 18.4 Å². The lowest BCUT2D eigenvalue weighted by Gasteiger charge is -1.91. The van der Waals surface area contributed by atoms with Gasteiger partial charge in [-0.2, -0.15) is 10.2 Å². The van der Waals surface area contributed by atoms with Gasteiger partial charge < -0.3 is 4.74 Å². The van der Waals surface area contributed by atoms with Gasteiger partial charge >= 0.3 is 5.97 Å². The number of allylic oxidation sites excluding steroid dienone is 1. The Balaban J connectivity index is 2.30. The number of hydrogen-bond donors (Lipinski definition) is 0. The SMILES string of the molecule is O=C1CC2=C(C=NN=CC2)O1. The van der Waals surface area contributed by atoms with Gasteiger partial charge in [-0.3, -0.25) is 4.79 Å². The minimum atomic E-state index is -0.197. The summed E-state index contributed by atoms with van der Waals surface area (Å²) in [5, 5.41) is 7.35. The quantitative estimate of drug-likeness (QED) is 0.476. The second kappa shape index (κ2) is 2.30. The highest BCUT2D eigenvalue weighted by atomic mass is 16.5. The minimum absolute atomic E-state index is 0.197. The molecule has 0 saturated heterocycles. The third kappa shape index (κ3) is 1.07. The first-order chi connectivity index (χ1) is 5.36. The number of esters is 1. The van der Waals surface area contributed by atoms with Crippen LogP contribution in [0.3, 0.4) is 0 Å². The standard InChI is InChI=1S/C7H6N2O2/c10-7-3-5-1-2-8-9-4-6(5)11-7/h2,4H,1,3H2. The Kier molecular flexibility index (Phi) is 1.31. The number of carbonyl (C=O) groups excluding carboxylic acids is 1. The maximum absolute atomic E-state index is 10.8. The van der Waals surface area contributed by atoms with Crippen molar-refractivity contribution in [3.8, 4) is 0 Å². The van der Waals surface area contributed by atoms with Crippen LogP contribution in [-0.4, -0.2) is 18.4 Å². The van der Waals surface area contributed by atoms with Crippen LogP contribution in [0.2, 0.25) is 0 Å². The predicted octanol–water partition coefficient (Wildman–Crippen LogP) is 0.648. The molecule has 11 heavy (non-hydrogen) atoms. The third-order valence-electron chi connectivity index (χ3n) is 1.59. The van der Waals surface area contributed by atoms with E-state index in [2.05, 4.69) is 10.2 Å². The molecule has 0 aromatic rings. The van der Waals surface area contributed by atoms with Gasteiger partial charge in [0.25, 0.3) is 0 Å². The summed E-state index contributed by atoms with van der Waals surface area (Å²) < 4.78 is 4.86. The average molecular weight is 150 g/mol. The van der Waals surface area contributed by atoms with E-state index in [-0.39, 0.29) is 5.97 Å². The molecule has 2 rings (SSSR count). The molecule has 0 unspecified atom stereocenters. The van der Waals surface area contributed by atoms with Gasteiger partial charge in [-0.05, 0) is 5.57 Å². The Morgan fingerprint density at radius 2 is 2.36 bits per heavy atom. The van der Waals surface area contributed by atoms with Crippen LogP contribution < -0.4 is 0 Å². The Morgan fingerprint density at radius 3 is 3.27 bits per heavy atom. The van der Waals surface area contributed by atoms with Crippen molar-refractivity contribution in [2.24, 2.45) is 10.2 Å². The topological polar surface area (TPSA) is 51.0 Å². The molecule has 0 aromatic heterocycles. The van der Waals surface area contributed by atoms with Crippen molar-refractivity contribution < 1.29 is 9.53 Å². The largest absolute Gasteiger partial charge is 0.425 e. The van der Waals surface area contributed by atoms with Crippen LogP contribution in [0.15, 0.2) is 21.5 Å². The van der Waals surface area contributed by atoms with Crippen LogP contribution in [0.25, 0.3) is 0 Å². The van der Waals surface area contributed by atoms with Crippen molar-refractivity contribution in [3.05, 3.63) is 11.3 Å². The first-order valence-corrected chi connectivity index (χ1v) is 3.34. The summed E-state index contributed by atoms with van der Waals surface area (Å²) in [7, 11) is 0. The molecule has 2 heterocycles. The summed E-state index contributed by atoms with van der Waals surface area (Å²) in [6, 6.07) is 0. The maximum Gasteiger partial charge on any atom is 0.315 e. The molecule has 0 radical (unpaired) electrons. The molecule has 0 atom stereocenters. The molecule has 0 aliphatic carbocycles. The Hall–Kier alpha value is -1.45. The van der Waals surface area contributed by atoms with E-state index in [0.717, 1.165) is 5.57 Å². The highest BCUT2D eigenvalue weighted by Gasteiger charge is 2.22. The third-order valence-corrected chi connectivity index (χ3v) is 1.59. The van der Waals surface area contributed by atoms with Gasteiger partial charge in [0.1, 0.15) is 0 Å². The molecule has 0 N–H and O–H groups in total. The molecule has 4 heteroatoms. The molecule has 0 saturated carbocycles. The number of ether oxygens (including phenoxy) is 1. The molecule has 0 bridgehead atoms. The van der Waals surface area contributed by atoms with Crippen LogP contribution >= 0.6 is 0 Å². The van der Waals surface area contributed by atoms with Gasteiger partial charge in [0.05, 0.1) is 12.6 Å². The lowest BCUT2D eigenvalue weighted by Crippen LogP contribution is -1.94. The van der Waals surface area contributed by atoms with Crippen molar-refractivity contribution in [1.29, 1.82) is 0 Å². The Labute approximate surface area is 63.3 Å². The maximum atomic E-state index is 10.8. The molecular weight excluding hydrogens is 144 g/mol. The second-order valence-electron chi connectivity index (χ2n) is 2.37. The summed E-state index contributed by atoms with van der Waals surface area (Å²) in [5.41, 5.74) is 0.972. The van der Waals surface area contributed by atoms with E-state index in [1.807, 2.05) is 0 Å². The van der Waals surface area contributed by atoms with Gasteiger partial charge in [0.2, 0.25) is 0 Å². The van der Waals surface area contributed by atoms with Crippen molar-refractivity contribution in [1.82, 2.24) is 0 Å². The first-order valence-electron chi connectivity index (χ1n) is 3.34.